The number of allylic oxidation sites excluding steroid dienone is 1. The highest BCUT2D eigenvalue weighted by atomic mass is 19.1. The summed E-state index contributed by atoms with van der Waals surface area (Å²) in [5.74, 6) is 0.344. The number of hydrogen-bond donors (Lipinski definition) is 0. The third-order valence-electron chi connectivity index (χ3n) is 4.80. The molecule has 0 aromatic heterocycles. The van der Waals surface area contributed by atoms with Crippen LogP contribution in [0.3, 0.4) is 0 Å². The van der Waals surface area contributed by atoms with Crippen molar-refractivity contribution in [3.8, 4) is 0 Å². The van der Waals surface area contributed by atoms with E-state index in [2.05, 4.69) is 44.9 Å². The molecule has 1 aromatic carbocycles. The second-order valence-corrected chi connectivity index (χ2v) is 7.59. The Bertz CT molecular complexity index is 520. The minimum atomic E-state index is -0.141. The van der Waals surface area contributed by atoms with Gasteiger partial charge in [-0.3, -0.25) is 0 Å². The van der Waals surface area contributed by atoms with E-state index < -0.39 is 0 Å². The minimum absolute atomic E-state index is 0.141. The molecule has 1 aromatic rings. The first-order chi connectivity index (χ1) is 10.4. The molecule has 122 valence electrons. The van der Waals surface area contributed by atoms with Crippen molar-refractivity contribution in [1.29, 1.82) is 0 Å². The maximum atomic E-state index is 13.6. The standard InChI is InChI=1S/C20H30FN/c1-16(2)6-7-17-14-19(21)9-8-18(17)15-20(3)10-5-12-22(4)13-11-20/h6-9,14,16H,5,10-13,15H2,1-4H3/b7-6+. The van der Waals surface area contributed by atoms with Gasteiger partial charge >= 0.3 is 0 Å². The molecule has 1 aliphatic rings. The molecule has 1 atom stereocenters. The Hall–Kier alpha value is -1.15. The molecule has 0 spiro atoms. The van der Waals surface area contributed by atoms with Crippen molar-refractivity contribution >= 4 is 6.08 Å². The van der Waals surface area contributed by atoms with Gasteiger partial charge < -0.3 is 4.90 Å². The summed E-state index contributed by atoms with van der Waals surface area (Å²) in [7, 11) is 2.21. The van der Waals surface area contributed by atoms with E-state index in [-0.39, 0.29) is 5.82 Å². The largest absolute Gasteiger partial charge is 0.306 e. The Morgan fingerprint density at radius 3 is 2.77 bits per heavy atom. The topological polar surface area (TPSA) is 3.24 Å². The number of hydrogen-bond acceptors (Lipinski definition) is 1. The van der Waals surface area contributed by atoms with Gasteiger partial charge in [0.15, 0.2) is 0 Å². The number of nitrogens with zero attached hydrogens (tertiary/aromatic N) is 1. The first kappa shape index (κ1) is 17.2. The highest BCUT2D eigenvalue weighted by molar-refractivity contribution is 5.54. The fourth-order valence-electron chi connectivity index (χ4n) is 3.29. The van der Waals surface area contributed by atoms with E-state index >= 15 is 0 Å². The molecule has 22 heavy (non-hydrogen) atoms. The lowest BCUT2D eigenvalue weighted by Crippen LogP contribution is -2.23. The summed E-state index contributed by atoms with van der Waals surface area (Å²) in [6.07, 6.45) is 9.01. The number of halogens is 1. The van der Waals surface area contributed by atoms with Crippen LogP contribution in [0, 0.1) is 17.2 Å². The Morgan fingerprint density at radius 1 is 1.27 bits per heavy atom. The van der Waals surface area contributed by atoms with Gasteiger partial charge in [-0.05, 0) is 80.4 Å². The van der Waals surface area contributed by atoms with Gasteiger partial charge in [-0.25, -0.2) is 4.39 Å². The Labute approximate surface area is 135 Å². The maximum Gasteiger partial charge on any atom is 0.123 e. The molecule has 2 rings (SSSR count). The Morgan fingerprint density at radius 2 is 2.05 bits per heavy atom. The zero-order valence-electron chi connectivity index (χ0n) is 14.5. The van der Waals surface area contributed by atoms with Crippen molar-refractivity contribution in [3.05, 3.63) is 41.2 Å². The lowest BCUT2D eigenvalue weighted by atomic mass is 9.76. The smallest absolute Gasteiger partial charge is 0.123 e. The molecule has 1 aliphatic heterocycles. The first-order valence-corrected chi connectivity index (χ1v) is 8.53. The average molecular weight is 303 g/mol. The molecular weight excluding hydrogens is 273 g/mol. The first-order valence-electron chi connectivity index (χ1n) is 8.53. The molecule has 1 unspecified atom stereocenters. The summed E-state index contributed by atoms with van der Waals surface area (Å²) in [6, 6.07) is 5.27. The average Bonchev–Trinajstić information content (AvgIpc) is 2.61. The summed E-state index contributed by atoms with van der Waals surface area (Å²) in [5, 5.41) is 0. The SMILES string of the molecule is CC(C)/C=C/c1cc(F)ccc1CC1(C)CCCN(C)CC1. The van der Waals surface area contributed by atoms with Crippen LogP contribution in [-0.4, -0.2) is 25.0 Å². The zero-order valence-corrected chi connectivity index (χ0v) is 14.5. The molecule has 0 radical (unpaired) electrons. The lowest BCUT2D eigenvalue weighted by molar-refractivity contribution is 0.266. The van der Waals surface area contributed by atoms with Crippen molar-refractivity contribution in [2.24, 2.45) is 11.3 Å². The number of likely N-dealkylation sites (tertiary alicyclic amines) is 1. The number of benzene rings is 1. The second-order valence-electron chi connectivity index (χ2n) is 7.59. The van der Waals surface area contributed by atoms with Crippen LogP contribution in [0.1, 0.15) is 51.2 Å². The van der Waals surface area contributed by atoms with Gasteiger partial charge in [0, 0.05) is 0 Å². The highest BCUT2D eigenvalue weighted by Crippen LogP contribution is 2.35. The highest BCUT2D eigenvalue weighted by Gasteiger charge is 2.27. The fourth-order valence-corrected chi connectivity index (χ4v) is 3.29. The predicted molar refractivity (Wildman–Crippen MR) is 93.4 cm³/mol. The third kappa shape index (κ3) is 4.95. The van der Waals surface area contributed by atoms with E-state index in [0.717, 1.165) is 18.5 Å². The third-order valence-corrected chi connectivity index (χ3v) is 4.80. The lowest BCUT2D eigenvalue weighted by Gasteiger charge is -2.29. The molecule has 0 amide bonds. The maximum absolute atomic E-state index is 13.6. The van der Waals surface area contributed by atoms with Crippen molar-refractivity contribution in [3.63, 3.8) is 0 Å². The van der Waals surface area contributed by atoms with E-state index in [9.17, 15) is 4.39 Å². The molecule has 0 aliphatic carbocycles. The van der Waals surface area contributed by atoms with Crippen LogP contribution in [0.15, 0.2) is 24.3 Å². The summed E-state index contributed by atoms with van der Waals surface area (Å²) < 4.78 is 13.6. The van der Waals surface area contributed by atoms with Crippen LogP contribution in [0.25, 0.3) is 6.08 Å². The van der Waals surface area contributed by atoms with E-state index in [1.807, 2.05) is 6.07 Å². The van der Waals surface area contributed by atoms with Crippen LogP contribution < -0.4 is 0 Å². The normalized spacial score (nSPS) is 24.1. The monoisotopic (exact) mass is 303 g/mol. The van der Waals surface area contributed by atoms with Crippen LogP contribution >= 0.6 is 0 Å². The van der Waals surface area contributed by atoms with E-state index in [4.69, 9.17) is 0 Å². The fraction of sp³-hybridized carbons (Fsp3) is 0.600. The van der Waals surface area contributed by atoms with Crippen molar-refractivity contribution in [2.75, 3.05) is 20.1 Å². The Balaban J connectivity index is 2.20. The van der Waals surface area contributed by atoms with Gasteiger partial charge in [0.2, 0.25) is 0 Å². The Kier molecular flexibility index (Phi) is 5.80. The van der Waals surface area contributed by atoms with Crippen LogP contribution in [0.5, 0.6) is 0 Å². The predicted octanol–water partition coefficient (Wildman–Crippen LogP) is 5.16. The van der Waals surface area contributed by atoms with Gasteiger partial charge in [0.25, 0.3) is 0 Å². The van der Waals surface area contributed by atoms with Crippen LogP contribution in [0.4, 0.5) is 4.39 Å². The quantitative estimate of drug-likeness (QED) is 0.742. The molecule has 0 N–H and O–H groups in total. The van der Waals surface area contributed by atoms with Gasteiger partial charge in [-0.2, -0.15) is 0 Å². The van der Waals surface area contributed by atoms with Crippen LogP contribution in [0.2, 0.25) is 0 Å². The molecule has 0 bridgehead atoms. The van der Waals surface area contributed by atoms with Gasteiger partial charge in [0.1, 0.15) is 5.82 Å². The molecule has 0 saturated carbocycles. The summed E-state index contributed by atoms with van der Waals surface area (Å²) in [5.41, 5.74) is 2.65. The van der Waals surface area contributed by atoms with E-state index in [1.54, 1.807) is 12.1 Å². The summed E-state index contributed by atoms with van der Waals surface area (Å²) >= 11 is 0. The molecule has 2 heteroatoms. The van der Waals surface area contributed by atoms with Gasteiger partial charge in [0.05, 0.1) is 0 Å². The minimum Gasteiger partial charge on any atom is -0.306 e. The zero-order chi connectivity index (χ0) is 16.2. The summed E-state index contributed by atoms with van der Waals surface area (Å²) in [6.45, 7) is 9.05. The van der Waals surface area contributed by atoms with Gasteiger partial charge in [-0.1, -0.05) is 39.0 Å². The second kappa shape index (κ2) is 7.41. The molecule has 1 saturated heterocycles. The van der Waals surface area contributed by atoms with Crippen molar-refractivity contribution in [1.82, 2.24) is 4.90 Å². The van der Waals surface area contributed by atoms with E-state index in [1.165, 1.54) is 31.4 Å². The van der Waals surface area contributed by atoms with Crippen LogP contribution in [-0.2, 0) is 6.42 Å². The van der Waals surface area contributed by atoms with Crippen molar-refractivity contribution < 1.29 is 4.39 Å². The van der Waals surface area contributed by atoms with E-state index in [0.29, 0.717) is 11.3 Å². The molecule has 1 fully saturated rings. The summed E-state index contributed by atoms with van der Waals surface area (Å²) in [4.78, 5) is 2.43. The van der Waals surface area contributed by atoms with Crippen molar-refractivity contribution in [2.45, 2.75) is 46.5 Å². The van der Waals surface area contributed by atoms with Gasteiger partial charge in [-0.15, -0.1) is 0 Å². The molecule has 1 heterocycles. The number of rotatable bonds is 4. The molecule has 1 nitrogen and oxygen atoms in total. The molecular formula is C20H30FN.